The van der Waals surface area contributed by atoms with Crippen LogP contribution in [0.25, 0.3) is 0 Å². The highest BCUT2D eigenvalue weighted by molar-refractivity contribution is 5.76. The lowest BCUT2D eigenvalue weighted by molar-refractivity contribution is -0.121. The maximum atomic E-state index is 11.6. The zero-order valence-electron chi connectivity index (χ0n) is 12.0. The van der Waals surface area contributed by atoms with Gasteiger partial charge in [0.05, 0.1) is 0 Å². The molecule has 0 aliphatic carbocycles. The lowest BCUT2D eigenvalue weighted by Crippen LogP contribution is -2.32. The van der Waals surface area contributed by atoms with Gasteiger partial charge in [-0.15, -0.1) is 0 Å². The summed E-state index contributed by atoms with van der Waals surface area (Å²) in [5.74, 6) is 0.180. The van der Waals surface area contributed by atoms with Gasteiger partial charge in [-0.3, -0.25) is 9.59 Å². The fraction of sp³-hybridized carbons (Fsp3) is 0.867. The molecule has 0 aromatic rings. The lowest BCUT2D eigenvalue weighted by atomic mass is 10.1. The van der Waals surface area contributed by atoms with Crippen LogP contribution in [0.3, 0.4) is 0 Å². The molecule has 1 unspecified atom stereocenters. The maximum absolute atomic E-state index is 11.6. The van der Waals surface area contributed by atoms with Gasteiger partial charge in [-0.2, -0.15) is 0 Å². The second-order valence-electron chi connectivity index (χ2n) is 5.02. The van der Waals surface area contributed by atoms with Crippen LogP contribution >= 0.6 is 0 Å². The molecule has 1 amide bonds. The minimum atomic E-state index is 0.180. The fourth-order valence-corrected chi connectivity index (χ4v) is 1.96. The van der Waals surface area contributed by atoms with E-state index < -0.39 is 0 Å². The van der Waals surface area contributed by atoms with E-state index in [4.69, 9.17) is 0 Å². The summed E-state index contributed by atoms with van der Waals surface area (Å²) in [6, 6.07) is 0.254. The van der Waals surface area contributed by atoms with Crippen LogP contribution in [0, 0.1) is 0 Å². The smallest absolute Gasteiger partial charge is 0.220 e. The number of amides is 1. The Bertz CT molecular complexity index is 217. The molecule has 3 nitrogen and oxygen atoms in total. The summed E-state index contributed by atoms with van der Waals surface area (Å²) in [5.41, 5.74) is 0. The topological polar surface area (TPSA) is 46.2 Å². The number of carbonyl (C=O) groups excluding carboxylic acids is 2. The maximum Gasteiger partial charge on any atom is 0.220 e. The highest BCUT2D eigenvalue weighted by atomic mass is 16.1. The van der Waals surface area contributed by atoms with Crippen LogP contribution in [0.15, 0.2) is 0 Å². The zero-order valence-corrected chi connectivity index (χ0v) is 12.0. The van der Waals surface area contributed by atoms with Crippen molar-refractivity contribution in [1.82, 2.24) is 5.32 Å². The first-order chi connectivity index (χ1) is 8.70. The molecule has 105 valence electrons. The van der Waals surface area contributed by atoms with Gasteiger partial charge in [-0.25, -0.2) is 0 Å². The first-order valence-corrected chi connectivity index (χ1v) is 7.35. The highest BCUT2D eigenvalue weighted by Gasteiger charge is 2.06. The molecule has 18 heavy (non-hydrogen) atoms. The Morgan fingerprint density at radius 3 is 2.50 bits per heavy atom. The minimum absolute atomic E-state index is 0.180. The molecule has 0 aliphatic heterocycles. The molecule has 1 radical (unpaired) electrons. The third-order valence-electron chi connectivity index (χ3n) is 3.08. The lowest BCUT2D eigenvalue weighted by Gasteiger charge is -2.13. The molecule has 1 N–H and O–H groups in total. The van der Waals surface area contributed by atoms with E-state index in [2.05, 4.69) is 19.2 Å². The monoisotopic (exact) mass is 254 g/mol. The predicted molar refractivity (Wildman–Crippen MR) is 75.1 cm³/mol. The number of hydrogen-bond donors (Lipinski definition) is 1. The second-order valence-corrected chi connectivity index (χ2v) is 5.02. The number of hydrogen-bond acceptors (Lipinski definition) is 2. The summed E-state index contributed by atoms with van der Waals surface area (Å²) in [5, 5.41) is 3.03. The van der Waals surface area contributed by atoms with E-state index in [9.17, 15) is 9.59 Å². The van der Waals surface area contributed by atoms with E-state index in [-0.39, 0.29) is 11.9 Å². The van der Waals surface area contributed by atoms with E-state index in [0.717, 1.165) is 38.5 Å². The molecule has 0 spiro atoms. The molecular weight excluding hydrogens is 226 g/mol. The molecule has 0 bridgehead atoms. The Morgan fingerprint density at radius 2 is 1.83 bits per heavy atom. The molecule has 0 heterocycles. The molecule has 0 saturated carbocycles. The molecule has 0 aliphatic rings. The first kappa shape index (κ1) is 17.1. The van der Waals surface area contributed by atoms with E-state index >= 15 is 0 Å². The van der Waals surface area contributed by atoms with Gasteiger partial charge in [0.1, 0.15) is 0 Å². The van der Waals surface area contributed by atoms with Crippen molar-refractivity contribution in [1.29, 1.82) is 0 Å². The van der Waals surface area contributed by atoms with Crippen molar-refractivity contribution in [3.8, 4) is 0 Å². The van der Waals surface area contributed by atoms with Gasteiger partial charge in [-0.05, 0) is 26.2 Å². The molecule has 0 rings (SSSR count). The number of nitrogens with one attached hydrogen (secondary N) is 1. The Balaban J connectivity index is 3.40. The van der Waals surface area contributed by atoms with Crippen molar-refractivity contribution in [2.24, 2.45) is 0 Å². The first-order valence-electron chi connectivity index (χ1n) is 7.35. The van der Waals surface area contributed by atoms with Gasteiger partial charge < -0.3 is 5.32 Å². The molecule has 0 saturated heterocycles. The standard InChI is InChI=1S/C15H28NO2/c1-3-4-5-9-12-15(18)16-14(2)11-8-6-7-10-13-17/h14H,3-12H2,1-2H3,(H,16,18). The Hall–Kier alpha value is -0.860. The summed E-state index contributed by atoms with van der Waals surface area (Å²) < 4.78 is 0. The van der Waals surface area contributed by atoms with Gasteiger partial charge in [0, 0.05) is 18.9 Å². The number of unbranched alkanes of at least 4 members (excludes halogenated alkanes) is 6. The third kappa shape index (κ3) is 11.6. The molecule has 0 fully saturated rings. The molecule has 0 aromatic carbocycles. The predicted octanol–water partition coefficient (Wildman–Crippen LogP) is 3.52. The van der Waals surface area contributed by atoms with E-state index in [1.165, 1.54) is 12.8 Å². The molecule has 0 aromatic heterocycles. The van der Waals surface area contributed by atoms with Gasteiger partial charge in [0.15, 0.2) is 6.29 Å². The van der Waals surface area contributed by atoms with Crippen LogP contribution in [-0.2, 0) is 9.59 Å². The highest BCUT2D eigenvalue weighted by Crippen LogP contribution is 2.06. The summed E-state index contributed by atoms with van der Waals surface area (Å²) >= 11 is 0. The largest absolute Gasteiger partial charge is 0.354 e. The van der Waals surface area contributed by atoms with Crippen LogP contribution in [0.2, 0.25) is 0 Å². The van der Waals surface area contributed by atoms with Crippen molar-refractivity contribution < 1.29 is 9.59 Å². The average molecular weight is 254 g/mol. The molecular formula is C15H28NO2. The van der Waals surface area contributed by atoms with Crippen LogP contribution < -0.4 is 5.32 Å². The minimum Gasteiger partial charge on any atom is -0.354 e. The van der Waals surface area contributed by atoms with Crippen molar-refractivity contribution in [2.45, 2.75) is 84.1 Å². The number of rotatable bonds is 12. The van der Waals surface area contributed by atoms with E-state index in [1.54, 1.807) is 0 Å². The van der Waals surface area contributed by atoms with Crippen LogP contribution in [0.4, 0.5) is 0 Å². The summed E-state index contributed by atoms with van der Waals surface area (Å²) in [6.07, 6.45) is 11.7. The van der Waals surface area contributed by atoms with Gasteiger partial charge in [0.2, 0.25) is 5.91 Å². The third-order valence-corrected chi connectivity index (χ3v) is 3.08. The normalized spacial score (nSPS) is 12.1. The number of carbonyl (C=O) groups is 1. The van der Waals surface area contributed by atoms with Gasteiger partial charge in [-0.1, -0.05) is 39.0 Å². The van der Waals surface area contributed by atoms with Crippen molar-refractivity contribution in [3.63, 3.8) is 0 Å². The fourth-order valence-electron chi connectivity index (χ4n) is 1.96. The van der Waals surface area contributed by atoms with Crippen LogP contribution in [-0.4, -0.2) is 18.2 Å². The zero-order chi connectivity index (χ0) is 13.6. The van der Waals surface area contributed by atoms with Crippen molar-refractivity contribution in [2.75, 3.05) is 0 Å². The molecule has 1 atom stereocenters. The Morgan fingerprint density at radius 1 is 1.11 bits per heavy atom. The van der Waals surface area contributed by atoms with Crippen LogP contribution in [0.1, 0.15) is 78.1 Å². The van der Waals surface area contributed by atoms with E-state index in [0.29, 0.717) is 12.8 Å². The summed E-state index contributed by atoms with van der Waals surface area (Å²) in [7, 11) is 0. The van der Waals surface area contributed by atoms with E-state index in [1.807, 2.05) is 6.29 Å². The van der Waals surface area contributed by atoms with Gasteiger partial charge in [0.25, 0.3) is 0 Å². The second kappa shape index (κ2) is 12.6. The molecule has 3 heteroatoms. The van der Waals surface area contributed by atoms with Crippen molar-refractivity contribution >= 4 is 12.2 Å². The quantitative estimate of drug-likeness (QED) is 0.542. The average Bonchev–Trinajstić information content (AvgIpc) is 2.34. The van der Waals surface area contributed by atoms with Gasteiger partial charge >= 0.3 is 0 Å². The van der Waals surface area contributed by atoms with Crippen LogP contribution in [0.5, 0.6) is 0 Å². The summed E-state index contributed by atoms with van der Waals surface area (Å²) in [4.78, 5) is 21.6. The summed E-state index contributed by atoms with van der Waals surface area (Å²) in [6.45, 7) is 4.22. The Kier molecular flexibility index (Phi) is 12.0. The Labute approximate surface area is 112 Å². The SMILES string of the molecule is CCCCCCC(=O)NC(C)CCCCC[C]=O. The van der Waals surface area contributed by atoms with Crippen molar-refractivity contribution in [3.05, 3.63) is 0 Å².